The van der Waals surface area contributed by atoms with Gasteiger partial charge in [-0.15, -0.1) is 0 Å². The summed E-state index contributed by atoms with van der Waals surface area (Å²) >= 11 is 0. The molecular weight excluding hydrogens is 208 g/mol. The maximum absolute atomic E-state index is 11.3. The van der Waals surface area contributed by atoms with Crippen LogP contribution >= 0.6 is 0 Å². The van der Waals surface area contributed by atoms with Crippen LogP contribution in [0.15, 0.2) is 11.8 Å². The quantitative estimate of drug-likeness (QED) is 0.682. The Balaban J connectivity index is 1.82. The minimum atomic E-state index is -0.528. The summed E-state index contributed by atoms with van der Waals surface area (Å²) in [6.45, 7) is 0. The smallest absolute Gasteiger partial charge is 0.169 e. The summed E-state index contributed by atoms with van der Waals surface area (Å²) in [7, 11) is 0. The minimum Gasteiger partial charge on any atom is -0.509 e. The van der Waals surface area contributed by atoms with Gasteiger partial charge in [0, 0.05) is 25.3 Å². The fourth-order valence-electron chi connectivity index (χ4n) is 2.90. The molecule has 0 bridgehead atoms. The van der Waals surface area contributed by atoms with Crippen molar-refractivity contribution in [1.29, 1.82) is 0 Å². The summed E-state index contributed by atoms with van der Waals surface area (Å²) < 4.78 is 11.8. The van der Waals surface area contributed by atoms with Crippen LogP contribution in [0.25, 0.3) is 0 Å². The van der Waals surface area contributed by atoms with Crippen molar-refractivity contribution in [3.63, 3.8) is 0 Å². The van der Waals surface area contributed by atoms with Gasteiger partial charge < -0.3 is 14.6 Å². The Morgan fingerprint density at radius 2 is 2.00 bits per heavy atom. The molecule has 1 saturated heterocycles. The lowest BCUT2D eigenvalue weighted by Gasteiger charge is -2.31. The molecule has 2 fully saturated rings. The number of aliphatic hydroxyl groups excluding tert-OH is 1. The molecule has 0 radical (unpaired) electrons. The van der Waals surface area contributed by atoms with Gasteiger partial charge in [0.05, 0.1) is 0 Å². The third-order valence-corrected chi connectivity index (χ3v) is 3.66. The topological polar surface area (TPSA) is 55.8 Å². The monoisotopic (exact) mass is 224 g/mol. The van der Waals surface area contributed by atoms with Crippen LogP contribution in [0.1, 0.15) is 38.5 Å². The Morgan fingerprint density at radius 3 is 2.75 bits per heavy atom. The average Bonchev–Trinajstić information content (AvgIpc) is 2.57. The molecule has 3 aliphatic rings. The number of hydrogen-bond acceptors (Lipinski definition) is 4. The van der Waals surface area contributed by atoms with E-state index in [1.807, 2.05) is 0 Å². The molecule has 4 heteroatoms. The van der Waals surface area contributed by atoms with Gasteiger partial charge in [-0.3, -0.25) is 4.79 Å². The van der Waals surface area contributed by atoms with Crippen molar-refractivity contribution >= 4 is 5.78 Å². The highest BCUT2D eigenvalue weighted by atomic mass is 16.8. The number of carbonyl (C=O) groups excluding carboxylic acids is 1. The van der Waals surface area contributed by atoms with E-state index in [0.717, 1.165) is 25.7 Å². The number of ketones is 1. The molecule has 0 aromatic rings. The van der Waals surface area contributed by atoms with Crippen molar-refractivity contribution in [2.75, 3.05) is 0 Å². The zero-order valence-corrected chi connectivity index (χ0v) is 9.15. The van der Waals surface area contributed by atoms with Gasteiger partial charge in [-0.1, -0.05) is 6.42 Å². The Bertz CT molecular complexity index is 341. The predicted molar refractivity (Wildman–Crippen MR) is 55.9 cm³/mol. The number of ether oxygens (including phenoxy) is 2. The lowest BCUT2D eigenvalue weighted by atomic mass is 9.94. The number of carbonyl (C=O) groups is 1. The summed E-state index contributed by atoms with van der Waals surface area (Å²) in [5.74, 6) is -0.570. The fourth-order valence-corrected chi connectivity index (χ4v) is 2.90. The first-order chi connectivity index (χ1) is 7.69. The van der Waals surface area contributed by atoms with E-state index in [1.54, 1.807) is 0 Å². The molecule has 0 aromatic heterocycles. The third kappa shape index (κ3) is 1.57. The lowest BCUT2D eigenvalue weighted by molar-refractivity contribution is -0.193. The number of allylic oxidation sites excluding steroid dienone is 1. The van der Waals surface area contributed by atoms with Crippen LogP contribution < -0.4 is 0 Å². The highest BCUT2D eigenvalue weighted by molar-refractivity contribution is 5.91. The SMILES string of the molecule is O=C1C=C(O)[C@@H]2OC3(CCCCC3)O[C@@H]2C1. The van der Waals surface area contributed by atoms with Crippen molar-refractivity contribution in [3.8, 4) is 0 Å². The van der Waals surface area contributed by atoms with Crippen LogP contribution in [-0.2, 0) is 14.3 Å². The zero-order chi connectivity index (χ0) is 11.2. The molecule has 1 heterocycles. The van der Waals surface area contributed by atoms with Gasteiger partial charge in [-0.05, 0) is 12.8 Å². The molecule has 1 spiro atoms. The van der Waals surface area contributed by atoms with E-state index in [-0.39, 0.29) is 17.6 Å². The van der Waals surface area contributed by atoms with E-state index in [9.17, 15) is 9.90 Å². The second kappa shape index (κ2) is 3.57. The zero-order valence-electron chi connectivity index (χ0n) is 9.15. The predicted octanol–water partition coefficient (Wildman–Crippen LogP) is 1.85. The van der Waals surface area contributed by atoms with Crippen LogP contribution in [0.2, 0.25) is 0 Å². The number of aliphatic hydroxyl groups is 1. The molecule has 16 heavy (non-hydrogen) atoms. The highest BCUT2D eigenvalue weighted by Crippen LogP contribution is 2.43. The van der Waals surface area contributed by atoms with Gasteiger partial charge in [0.25, 0.3) is 0 Å². The molecule has 1 N–H and O–H groups in total. The molecule has 1 aliphatic heterocycles. The van der Waals surface area contributed by atoms with Crippen molar-refractivity contribution in [1.82, 2.24) is 0 Å². The largest absolute Gasteiger partial charge is 0.509 e. The van der Waals surface area contributed by atoms with Gasteiger partial charge in [0.15, 0.2) is 11.6 Å². The van der Waals surface area contributed by atoms with E-state index >= 15 is 0 Å². The minimum absolute atomic E-state index is 0.0312. The van der Waals surface area contributed by atoms with Crippen LogP contribution in [-0.4, -0.2) is 28.9 Å². The van der Waals surface area contributed by atoms with Crippen molar-refractivity contribution in [2.24, 2.45) is 0 Å². The first kappa shape index (κ1) is 10.3. The molecule has 2 aliphatic carbocycles. The second-order valence-corrected chi connectivity index (χ2v) is 4.91. The first-order valence-electron chi connectivity index (χ1n) is 5.98. The molecule has 1 saturated carbocycles. The van der Waals surface area contributed by atoms with Crippen molar-refractivity contribution in [3.05, 3.63) is 11.8 Å². The average molecular weight is 224 g/mol. The Labute approximate surface area is 94.2 Å². The van der Waals surface area contributed by atoms with E-state index in [2.05, 4.69) is 0 Å². The normalized spacial score (nSPS) is 37.2. The van der Waals surface area contributed by atoms with Gasteiger partial charge in [-0.25, -0.2) is 0 Å². The van der Waals surface area contributed by atoms with E-state index in [0.29, 0.717) is 6.42 Å². The second-order valence-electron chi connectivity index (χ2n) is 4.91. The number of fused-ring (bicyclic) bond motifs is 1. The van der Waals surface area contributed by atoms with Gasteiger partial charge in [0.2, 0.25) is 0 Å². The summed E-state index contributed by atoms with van der Waals surface area (Å²) in [5.41, 5.74) is 0. The molecule has 88 valence electrons. The van der Waals surface area contributed by atoms with Crippen molar-refractivity contribution in [2.45, 2.75) is 56.5 Å². The lowest BCUT2D eigenvalue weighted by Crippen LogP contribution is -2.33. The Kier molecular flexibility index (Phi) is 2.30. The standard InChI is InChI=1S/C12H16O4/c13-8-6-9(14)11-10(7-8)15-12(16-11)4-2-1-3-5-12/h6,10-11,14H,1-5,7H2/t10-,11+/m1/s1. The molecular formula is C12H16O4. The maximum atomic E-state index is 11.3. The van der Waals surface area contributed by atoms with E-state index in [1.165, 1.54) is 12.5 Å². The number of hydrogen-bond donors (Lipinski definition) is 1. The van der Waals surface area contributed by atoms with Crippen LogP contribution in [0, 0.1) is 0 Å². The molecule has 3 rings (SSSR count). The van der Waals surface area contributed by atoms with Gasteiger partial charge in [-0.2, -0.15) is 0 Å². The van der Waals surface area contributed by atoms with E-state index < -0.39 is 11.9 Å². The van der Waals surface area contributed by atoms with Gasteiger partial charge in [0.1, 0.15) is 18.0 Å². The Hall–Kier alpha value is -0.870. The summed E-state index contributed by atoms with van der Waals surface area (Å²) in [6.07, 6.45) is 6.05. The number of rotatable bonds is 0. The highest BCUT2D eigenvalue weighted by Gasteiger charge is 2.51. The van der Waals surface area contributed by atoms with Crippen LogP contribution in [0.5, 0.6) is 0 Å². The molecule has 0 amide bonds. The first-order valence-corrected chi connectivity index (χ1v) is 5.98. The van der Waals surface area contributed by atoms with Crippen LogP contribution in [0.4, 0.5) is 0 Å². The summed E-state index contributed by atoms with van der Waals surface area (Å²) in [4.78, 5) is 11.3. The molecule has 0 aromatic carbocycles. The molecule has 0 unspecified atom stereocenters. The van der Waals surface area contributed by atoms with Crippen LogP contribution in [0.3, 0.4) is 0 Å². The summed E-state index contributed by atoms with van der Waals surface area (Å²) in [6, 6.07) is 0. The third-order valence-electron chi connectivity index (χ3n) is 3.66. The van der Waals surface area contributed by atoms with Gasteiger partial charge >= 0.3 is 0 Å². The fraction of sp³-hybridized carbons (Fsp3) is 0.750. The Morgan fingerprint density at radius 1 is 1.25 bits per heavy atom. The van der Waals surface area contributed by atoms with E-state index in [4.69, 9.17) is 9.47 Å². The molecule has 4 nitrogen and oxygen atoms in total. The van der Waals surface area contributed by atoms with Crippen molar-refractivity contribution < 1.29 is 19.4 Å². The molecule has 2 atom stereocenters. The maximum Gasteiger partial charge on any atom is 0.169 e. The summed E-state index contributed by atoms with van der Waals surface area (Å²) in [5, 5.41) is 9.70.